The summed E-state index contributed by atoms with van der Waals surface area (Å²) >= 11 is 0. The molecule has 0 spiro atoms. The molecule has 2 aromatic heterocycles. The maximum absolute atomic E-state index is 13.1. The largest absolute Gasteiger partial charge is 0.434 e. The normalized spacial score (nSPS) is 17.8. The zero-order valence-electron chi connectivity index (χ0n) is 17.9. The molecule has 1 N–H and O–H groups in total. The van der Waals surface area contributed by atoms with Crippen molar-refractivity contribution in [2.45, 2.75) is 37.8 Å². The fraction of sp³-hybridized carbons (Fsp3) is 0.429. The lowest BCUT2D eigenvalue weighted by Crippen LogP contribution is -2.46. The Bertz CT molecular complexity index is 1180. The van der Waals surface area contributed by atoms with Crippen molar-refractivity contribution in [1.82, 2.24) is 19.5 Å². The summed E-state index contributed by atoms with van der Waals surface area (Å²) in [4.78, 5) is 1.28. The fourth-order valence-electron chi connectivity index (χ4n) is 4.09. The first kappa shape index (κ1) is 24.9. The van der Waals surface area contributed by atoms with E-state index >= 15 is 0 Å². The van der Waals surface area contributed by atoms with Gasteiger partial charge in [0.15, 0.2) is 0 Å². The summed E-state index contributed by atoms with van der Waals surface area (Å²) in [6.45, 7) is -3.98. The van der Waals surface area contributed by atoms with E-state index in [1.54, 1.807) is 18.3 Å². The summed E-state index contributed by atoms with van der Waals surface area (Å²) in [6.07, 6.45) is -6.41. The first-order valence-corrected chi connectivity index (χ1v) is 10.5. The number of nitrogens with one attached hydrogen (secondary N) is 1. The first-order valence-electron chi connectivity index (χ1n) is 10.5. The number of fused-ring (bicyclic) bond motifs is 1. The molecular weight excluding hydrogens is 490 g/mol. The van der Waals surface area contributed by atoms with Crippen molar-refractivity contribution in [1.29, 1.82) is 0 Å². The van der Waals surface area contributed by atoms with Gasteiger partial charge < -0.3 is 10.1 Å². The average molecular weight is 509 g/mol. The highest BCUT2D eigenvalue weighted by Crippen LogP contribution is 2.38. The van der Waals surface area contributed by atoms with E-state index in [2.05, 4.69) is 20.3 Å². The lowest BCUT2D eigenvalue weighted by Gasteiger charge is -2.33. The molecule has 14 heteroatoms. The van der Waals surface area contributed by atoms with Crippen LogP contribution in [0, 0.1) is 0 Å². The lowest BCUT2D eigenvalue weighted by molar-refractivity contribution is -0.147. The quantitative estimate of drug-likeness (QED) is 0.448. The van der Waals surface area contributed by atoms with Crippen LogP contribution in [0.3, 0.4) is 0 Å². The number of anilines is 1. The molecule has 0 bridgehead atoms. The smallest absolute Gasteiger partial charge is 0.416 e. The van der Waals surface area contributed by atoms with Crippen LogP contribution in [0.15, 0.2) is 36.5 Å². The third kappa shape index (κ3) is 5.92. The zero-order valence-corrected chi connectivity index (χ0v) is 17.9. The van der Waals surface area contributed by atoms with Crippen molar-refractivity contribution in [2.75, 3.05) is 25.0 Å². The zero-order chi connectivity index (χ0) is 25.4. The molecule has 1 atom stereocenters. The topological polar surface area (TPSA) is 54.7 Å². The predicted octanol–water partition coefficient (Wildman–Crippen LogP) is 5.46. The first-order chi connectivity index (χ1) is 16.4. The van der Waals surface area contributed by atoms with Crippen molar-refractivity contribution >= 4 is 11.5 Å². The highest BCUT2D eigenvalue weighted by atomic mass is 19.4. The van der Waals surface area contributed by atoms with Gasteiger partial charge in [-0.15, -0.1) is 10.2 Å². The van der Waals surface area contributed by atoms with Crippen LogP contribution in [-0.2, 0) is 6.18 Å². The molecule has 0 radical (unpaired) electrons. The Kier molecular flexibility index (Phi) is 6.75. The third-order valence-electron chi connectivity index (χ3n) is 5.49. The maximum Gasteiger partial charge on any atom is 0.416 e. The van der Waals surface area contributed by atoms with Gasteiger partial charge in [-0.2, -0.15) is 35.1 Å². The molecule has 190 valence electrons. The van der Waals surface area contributed by atoms with E-state index in [-0.39, 0.29) is 29.8 Å². The predicted molar refractivity (Wildman–Crippen MR) is 109 cm³/mol. The van der Waals surface area contributed by atoms with Crippen molar-refractivity contribution < 1.29 is 39.9 Å². The number of nitrogens with zero attached hydrogens (tertiary/aromatic N) is 4. The number of alkyl halides is 8. The SMILES string of the molecule is FC(F)Oc1cc(C(F)(F)F)ccc1-c1nnc(N[C@@H]2CCCN(CC(F)(F)F)C2)n2cccc12. The highest BCUT2D eigenvalue weighted by molar-refractivity contribution is 5.81. The van der Waals surface area contributed by atoms with Crippen molar-refractivity contribution in [2.24, 2.45) is 0 Å². The molecule has 1 saturated heterocycles. The van der Waals surface area contributed by atoms with E-state index in [0.29, 0.717) is 31.0 Å². The molecule has 35 heavy (non-hydrogen) atoms. The minimum absolute atomic E-state index is 0.00716. The number of likely N-dealkylation sites (tertiary alicyclic amines) is 1. The van der Waals surface area contributed by atoms with Gasteiger partial charge in [0, 0.05) is 24.3 Å². The molecule has 4 rings (SSSR count). The Morgan fingerprint density at radius 2 is 1.86 bits per heavy atom. The molecule has 1 aliphatic heterocycles. The number of piperidine rings is 1. The average Bonchev–Trinajstić information content (AvgIpc) is 3.23. The summed E-state index contributed by atoms with van der Waals surface area (Å²) in [7, 11) is 0. The summed E-state index contributed by atoms with van der Waals surface area (Å²) in [5.41, 5.74) is -0.984. The van der Waals surface area contributed by atoms with E-state index < -0.39 is 36.8 Å². The minimum Gasteiger partial charge on any atom is -0.434 e. The molecular formula is C21H19F8N5O. The van der Waals surface area contributed by atoms with E-state index in [1.807, 2.05) is 0 Å². The van der Waals surface area contributed by atoms with Gasteiger partial charge in [0.1, 0.15) is 11.4 Å². The number of hydrogen-bond acceptors (Lipinski definition) is 5. The molecule has 0 saturated carbocycles. The van der Waals surface area contributed by atoms with Crippen LogP contribution >= 0.6 is 0 Å². The van der Waals surface area contributed by atoms with Crippen LogP contribution in [-0.4, -0.2) is 58.0 Å². The van der Waals surface area contributed by atoms with Gasteiger partial charge in [-0.1, -0.05) is 0 Å². The van der Waals surface area contributed by atoms with Gasteiger partial charge in [0.05, 0.1) is 17.6 Å². The van der Waals surface area contributed by atoms with Gasteiger partial charge in [0.25, 0.3) is 0 Å². The summed E-state index contributed by atoms with van der Waals surface area (Å²) in [5.74, 6) is -0.529. The lowest BCUT2D eigenvalue weighted by atomic mass is 10.1. The highest BCUT2D eigenvalue weighted by Gasteiger charge is 2.34. The molecule has 0 unspecified atom stereocenters. The number of benzene rings is 1. The molecule has 1 fully saturated rings. The molecule has 6 nitrogen and oxygen atoms in total. The van der Waals surface area contributed by atoms with Crippen LogP contribution in [0.5, 0.6) is 5.75 Å². The van der Waals surface area contributed by atoms with Gasteiger partial charge in [0.2, 0.25) is 5.95 Å². The second kappa shape index (κ2) is 9.47. The van der Waals surface area contributed by atoms with Gasteiger partial charge in [-0.3, -0.25) is 9.30 Å². The Morgan fingerprint density at radius 1 is 1.09 bits per heavy atom. The van der Waals surface area contributed by atoms with Crippen molar-refractivity contribution in [3.8, 4) is 17.0 Å². The number of hydrogen-bond donors (Lipinski definition) is 1. The number of rotatable bonds is 6. The van der Waals surface area contributed by atoms with Crippen LogP contribution in [0.1, 0.15) is 18.4 Å². The van der Waals surface area contributed by atoms with Crippen molar-refractivity contribution in [3.63, 3.8) is 0 Å². The third-order valence-corrected chi connectivity index (χ3v) is 5.49. The molecule has 3 heterocycles. The van der Waals surface area contributed by atoms with Gasteiger partial charge in [-0.05, 0) is 49.7 Å². The molecule has 1 aromatic carbocycles. The molecule has 1 aliphatic rings. The summed E-state index contributed by atoms with van der Waals surface area (Å²) < 4.78 is 109. The fourth-order valence-corrected chi connectivity index (χ4v) is 4.09. The minimum atomic E-state index is -4.78. The molecule has 0 amide bonds. The molecule has 0 aliphatic carbocycles. The Balaban J connectivity index is 1.65. The number of ether oxygens (including phenoxy) is 1. The van der Waals surface area contributed by atoms with Crippen LogP contribution in [0.25, 0.3) is 16.8 Å². The second-order valence-electron chi connectivity index (χ2n) is 8.06. The van der Waals surface area contributed by atoms with Crippen LogP contribution < -0.4 is 10.1 Å². The second-order valence-corrected chi connectivity index (χ2v) is 8.06. The van der Waals surface area contributed by atoms with E-state index in [1.165, 1.54) is 9.30 Å². The van der Waals surface area contributed by atoms with Gasteiger partial charge >= 0.3 is 19.0 Å². The summed E-state index contributed by atoms with van der Waals surface area (Å²) in [5, 5.41) is 11.1. The Hall–Kier alpha value is -3.16. The maximum atomic E-state index is 13.1. The van der Waals surface area contributed by atoms with E-state index in [4.69, 9.17) is 0 Å². The molecule has 3 aromatic rings. The Labute approximate surface area is 193 Å². The van der Waals surface area contributed by atoms with Crippen molar-refractivity contribution in [3.05, 3.63) is 42.1 Å². The standard InChI is InChI=1S/C21H19F8N5O/c22-18(23)35-16-9-12(21(27,28)29)5-6-14(16)17-15-4-2-8-34(15)19(32-31-17)30-13-3-1-7-33(10-13)11-20(24,25)26/h2,4-6,8-9,13,18H,1,3,7,10-11H2,(H,30,32)/t13-/m1/s1. The van der Waals surface area contributed by atoms with Crippen LogP contribution in [0.4, 0.5) is 41.1 Å². The van der Waals surface area contributed by atoms with Crippen LogP contribution in [0.2, 0.25) is 0 Å². The monoisotopic (exact) mass is 509 g/mol. The Morgan fingerprint density at radius 3 is 2.54 bits per heavy atom. The number of halogens is 8. The van der Waals surface area contributed by atoms with E-state index in [9.17, 15) is 35.1 Å². The number of aromatic nitrogens is 3. The van der Waals surface area contributed by atoms with Gasteiger partial charge in [-0.25, -0.2) is 0 Å². The van der Waals surface area contributed by atoms with E-state index in [0.717, 1.165) is 12.1 Å². The summed E-state index contributed by atoms with van der Waals surface area (Å²) in [6, 6.07) is 4.93.